The van der Waals surface area contributed by atoms with Crippen molar-refractivity contribution in [3.63, 3.8) is 0 Å². The van der Waals surface area contributed by atoms with Gasteiger partial charge in [0.15, 0.2) is 0 Å². The molecule has 2 unspecified atom stereocenters. The maximum absolute atomic E-state index is 12.5. The summed E-state index contributed by atoms with van der Waals surface area (Å²) in [6, 6.07) is 4.29. The van der Waals surface area contributed by atoms with E-state index in [1.165, 1.54) is 19.3 Å². The van der Waals surface area contributed by atoms with Crippen molar-refractivity contribution in [1.29, 1.82) is 0 Å². The van der Waals surface area contributed by atoms with Gasteiger partial charge < -0.3 is 11.1 Å². The summed E-state index contributed by atoms with van der Waals surface area (Å²) < 4.78 is 0. The molecule has 1 aromatic rings. The molecule has 3 N–H and O–H groups in total. The van der Waals surface area contributed by atoms with Crippen LogP contribution in [0.2, 0.25) is 0 Å². The van der Waals surface area contributed by atoms with E-state index in [0.717, 1.165) is 18.5 Å². The van der Waals surface area contributed by atoms with Crippen molar-refractivity contribution >= 4 is 5.91 Å². The number of carbonyl (C=O) groups is 1. The molecule has 0 spiro atoms. The number of aromatic nitrogens is 1. The van der Waals surface area contributed by atoms with Crippen molar-refractivity contribution in [2.75, 3.05) is 0 Å². The van der Waals surface area contributed by atoms with E-state index in [2.05, 4.69) is 10.3 Å². The van der Waals surface area contributed by atoms with Gasteiger partial charge in [-0.3, -0.25) is 9.78 Å². The number of hydrogen-bond acceptors (Lipinski definition) is 3. The van der Waals surface area contributed by atoms with E-state index in [9.17, 15) is 4.79 Å². The number of rotatable bonds is 2. The van der Waals surface area contributed by atoms with Crippen molar-refractivity contribution in [3.8, 4) is 0 Å². The topological polar surface area (TPSA) is 68.0 Å². The highest BCUT2D eigenvalue weighted by Gasteiger charge is 2.40. The lowest BCUT2D eigenvalue weighted by Gasteiger charge is -2.45. The number of carbonyl (C=O) groups excluding carboxylic acids is 1. The average Bonchev–Trinajstić information content (AvgIpc) is 2.40. The van der Waals surface area contributed by atoms with Crippen LogP contribution in [-0.2, 0) is 0 Å². The van der Waals surface area contributed by atoms with Crippen molar-refractivity contribution < 1.29 is 4.79 Å². The summed E-state index contributed by atoms with van der Waals surface area (Å²) in [6.07, 6.45) is 7.49. The highest BCUT2D eigenvalue weighted by molar-refractivity contribution is 5.95. The molecule has 0 aliphatic heterocycles. The number of aryl methyl sites for hydroxylation is 1. The molecule has 2 fully saturated rings. The van der Waals surface area contributed by atoms with Crippen molar-refractivity contribution in [3.05, 3.63) is 29.6 Å². The van der Waals surface area contributed by atoms with Crippen molar-refractivity contribution in [1.82, 2.24) is 10.3 Å². The summed E-state index contributed by atoms with van der Waals surface area (Å²) in [4.78, 5) is 16.7. The monoisotopic (exact) mass is 273 g/mol. The van der Waals surface area contributed by atoms with Crippen LogP contribution in [0.5, 0.6) is 0 Å². The Labute approximate surface area is 120 Å². The second kappa shape index (κ2) is 5.52. The lowest BCUT2D eigenvalue weighted by molar-refractivity contribution is 0.0755. The summed E-state index contributed by atoms with van der Waals surface area (Å²) in [6.45, 7) is 1.88. The minimum atomic E-state index is 0.0213. The number of fused-ring (bicyclic) bond motifs is 2. The summed E-state index contributed by atoms with van der Waals surface area (Å²) >= 11 is 0. The number of nitrogens with zero attached hydrogens (tertiary/aromatic N) is 1. The predicted molar refractivity (Wildman–Crippen MR) is 78.3 cm³/mol. The van der Waals surface area contributed by atoms with E-state index in [1.54, 1.807) is 6.20 Å². The van der Waals surface area contributed by atoms with Gasteiger partial charge in [0.1, 0.15) is 0 Å². The maximum Gasteiger partial charge on any atom is 0.253 e. The van der Waals surface area contributed by atoms with Crippen LogP contribution < -0.4 is 11.1 Å². The van der Waals surface area contributed by atoms with Crippen LogP contribution in [0.25, 0.3) is 0 Å². The predicted octanol–water partition coefficient (Wildman–Crippen LogP) is 2.03. The molecule has 0 radical (unpaired) electrons. The SMILES string of the molecule is Cc1ncccc1C(=O)NC1C2CCCC1CC(N)C2. The number of pyridine rings is 1. The molecule has 1 aromatic heterocycles. The van der Waals surface area contributed by atoms with Gasteiger partial charge in [0, 0.05) is 24.0 Å². The first-order valence-corrected chi connectivity index (χ1v) is 7.63. The van der Waals surface area contributed by atoms with Gasteiger partial charge in [-0.25, -0.2) is 0 Å². The van der Waals surface area contributed by atoms with Gasteiger partial charge in [0.25, 0.3) is 5.91 Å². The van der Waals surface area contributed by atoms with E-state index in [0.29, 0.717) is 29.5 Å². The van der Waals surface area contributed by atoms with Gasteiger partial charge in [0.05, 0.1) is 5.56 Å². The molecule has 2 saturated carbocycles. The number of nitrogens with one attached hydrogen (secondary N) is 1. The summed E-state index contributed by atoms with van der Waals surface area (Å²) in [5.74, 6) is 1.13. The van der Waals surface area contributed by atoms with Gasteiger partial charge >= 0.3 is 0 Å². The Morgan fingerprint density at radius 1 is 1.35 bits per heavy atom. The molecule has 3 rings (SSSR count). The molecule has 4 nitrogen and oxygen atoms in total. The maximum atomic E-state index is 12.5. The highest BCUT2D eigenvalue weighted by Crippen LogP contribution is 2.39. The molecule has 0 saturated heterocycles. The molecule has 108 valence electrons. The summed E-state index contributed by atoms with van der Waals surface area (Å²) in [5.41, 5.74) is 7.62. The zero-order valence-electron chi connectivity index (χ0n) is 12.0. The Morgan fingerprint density at radius 2 is 2.05 bits per heavy atom. The van der Waals surface area contributed by atoms with Crippen LogP contribution >= 0.6 is 0 Å². The standard InChI is InChI=1S/C16H23N3O/c1-10-14(6-3-7-18-10)16(20)19-15-11-4-2-5-12(15)9-13(17)8-11/h3,6-7,11-13,15H,2,4-5,8-9,17H2,1H3,(H,19,20). The van der Waals surface area contributed by atoms with Crippen LogP contribution in [-0.4, -0.2) is 23.0 Å². The fourth-order valence-corrected chi connectivity index (χ4v) is 3.98. The molecule has 2 aliphatic rings. The molecular weight excluding hydrogens is 250 g/mol. The van der Waals surface area contributed by atoms with Gasteiger partial charge in [0.2, 0.25) is 0 Å². The third-order valence-electron chi connectivity index (χ3n) is 4.93. The van der Waals surface area contributed by atoms with Crippen LogP contribution in [0.3, 0.4) is 0 Å². The van der Waals surface area contributed by atoms with Crippen LogP contribution in [0.1, 0.15) is 48.2 Å². The van der Waals surface area contributed by atoms with E-state index in [-0.39, 0.29) is 5.91 Å². The van der Waals surface area contributed by atoms with Gasteiger partial charge in [-0.1, -0.05) is 6.42 Å². The molecule has 4 heteroatoms. The fourth-order valence-electron chi connectivity index (χ4n) is 3.98. The average molecular weight is 273 g/mol. The van der Waals surface area contributed by atoms with E-state index in [1.807, 2.05) is 19.1 Å². The quantitative estimate of drug-likeness (QED) is 0.866. The van der Waals surface area contributed by atoms with Gasteiger partial charge in [-0.15, -0.1) is 0 Å². The Morgan fingerprint density at radius 3 is 2.70 bits per heavy atom. The second-order valence-corrected chi connectivity index (χ2v) is 6.32. The largest absolute Gasteiger partial charge is 0.349 e. The van der Waals surface area contributed by atoms with E-state index in [4.69, 9.17) is 5.73 Å². The molecule has 1 amide bonds. The van der Waals surface area contributed by atoms with E-state index < -0.39 is 0 Å². The van der Waals surface area contributed by atoms with Gasteiger partial charge in [-0.2, -0.15) is 0 Å². The van der Waals surface area contributed by atoms with Crippen molar-refractivity contribution in [2.45, 2.75) is 51.1 Å². The first-order valence-electron chi connectivity index (χ1n) is 7.63. The molecule has 0 aromatic carbocycles. The molecular formula is C16H23N3O. The molecule has 20 heavy (non-hydrogen) atoms. The molecule has 2 atom stereocenters. The van der Waals surface area contributed by atoms with Crippen LogP contribution in [0.4, 0.5) is 0 Å². The van der Waals surface area contributed by atoms with Crippen LogP contribution in [0, 0.1) is 18.8 Å². The first-order chi connectivity index (χ1) is 9.65. The fraction of sp³-hybridized carbons (Fsp3) is 0.625. The van der Waals surface area contributed by atoms with Crippen LogP contribution in [0.15, 0.2) is 18.3 Å². The summed E-state index contributed by atoms with van der Waals surface area (Å²) in [7, 11) is 0. The smallest absolute Gasteiger partial charge is 0.253 e. The minimum absolute atomic E-state index is 0.0213. The third kappa shape index (κ3) is 2.57. The van der Waals surface area contributed by atoms with Crippen molar-refractivity contribution in [2.24, 2.45) is 17.6 Å². The number of hydrogen-bond donors (Lipinski definition) is 2. The third-order valence-corrected chi connectivity index (χ3v) is 4.93. The Bertz CT molecular complexity index is 488. The lowest BCUT2D eigenvalue weighted by Crippen LogP contribution is -2.53. The Balaban J connectivity index is 1.74. The zero-order valence-corrected chi connectivity index (χ0v) is 12.0. The molecule has 2 bridgehead atoms. The molecule has 2 aliphatic carbocycles. The highest BCUT2D eigenvalue weighted by atomic mass is 16.1. The Kier molecular flexibility index (Phi) is 3.74. The minimum Gasteiger partial charge on any atom is -0.349 e. The molecule has 1 heterocycles. The first kappa shape index (κ1) is 13.6. The zero-order chi connectivity index (χ0) is 14.1. The lowest BCUT2D eigenvalue weighted by atomic mass is 9.67. The van der Waals surface area contributed by atoms with E-state index >= 15 is 0 Å². The number of amides is 1. The summed E-state index contributed by atoms with van der Waals surface area (Å²) in [5, 5.41) is 3.26. The Hall–Kier alpha value is -1.42. The normalized spacial score (nSPS) is 32.7. The number of nitrogens with two attached hydrogens (primary N) is 1. The van der Waals surface area contributed by atoms with Gasteiger partial charge in [-0.05, 0) is 56.6 Å². The second-order valence-electron chi connectivity index (χ2n) is 6.32.